The summed E-state index contributed by atoms with van der Waals surface area (Å²) in [6.45, 7) is 3.82. The normalized spacial score (nSPS) is 19.4. The third kappa shape index (κ3) is 4.97. The predicted octanol–water partition coefficient (Wildman–Crippen LogP) is 4.00. The molecule has 0 bridgehead atoms. The van der Waals surface area contributed by atoms with Crippen molar-refractivity contribution in [1.82, 2.24) is 15.5 Å². The summed E-state index contributed by atoms with van der Waals surface area (Å²) in [4.78, 5) is 41.5. The molecule has 2 aromatic carbocycles. The minimum atomic E-state index is -3.14. The topological polar surface area (TPSA) is 128 Å². The van der Waals surface area contributed by atoms with Crippen molar-refractivity contribution >= 4 is 34.9 Å². The Labute approximate surface area is 234 Å². The van der Waals surface area contributed by atoms with Crippen LogP contribution >= 0.6 is 11.3 Å². The zero-order valence-electron chi connectivity index (χ0n) is 22.0. The maximum absolute atomic E-state index is 14.8. The van der Waals surface area contributed by atoms with Gasteiger partial charge in [0.05, 0.1) is 12.6 Å². The monoisotopic (exact) mass is 565 g/mol. The van der Waals surface area contributed by atoms with E-state index in [1.807, 2.05) is 13.8 Å². The van der Waals surface area contributed by atoms with Crippen molar-refractivity contribution in [2.75, 3.05) is 13.1 Å². The van der Waals surface area contributed by atoms with Crippen LogP contribution in [0.2, 0.25) is 0 Å². The van der Waals surface area contributed by atoms with Gasteiger partial charge in [-0.3, -0.25) is 19.8 Å². The lowest BCUT2D eigenvalue weighted by molar-refractivity contribution is -0.138. The molecular weight excluding hydrogens is 536 g/mol. The first-order valence-electron chi connectivity index (χ1n) is 12.9. The van der Waals surface area contributed by atoms with E-state index in [4.69, 9.17) is 11.1 Å². The number of nitrogens with one attached hydrogen (secondary N) is 3. The number of halogens is 2. The molecule has 0 radical (unpaired) electrons. The predicted molar refractivity (Wildman–Crippen MR) is 148 cm³/mol. The number of nitrogens with two attached hydrogens (primary N) is 1. The molecule has 1 aliphatic carbocycles. The van der Waals surface area contributed by atoms with Gasteiger partial charge in [0.15, 0.2) is 0 Å². The molecule has 3 amide bonds. The molecule has 1 aromatic heterocycles. The van der Waals surface area contributed by atoms with E-state index in [2.05, 4.69) is 10.6 Å². The zero-order chi connectivity index (χ0) is 28.8. The highest BCUT2D eigenvalue weighted by atomic mass is 32.1. The van der Waals surface area contributed by atoms with E-state index < -0.39 is 23.8 Å². The number of benzene rings is 2. The molecule has 1 fully saturated rings. The van der Waals surface area contributed by atoms with Gasteiger partial charge in [-0.2, -0.15) is 8.78 Å². The first-order chi connectivity index (χ1) is 19.0. The Balaban J connectivity index is 1.23. The van der Waals surface area contributed by atoms with E-state index in [-0.39, 0.29) is 46.9 Å². The van der Waals surface area contributed by atoms with Crippen molar-refractivity contribution in [3.8, 4) is 11.1 Å². The smallest absolute Gasteiger partial charge is 0.299 e. The Bertz CT molecular complexity index is 1520. The summed E-state index contributed by atoms with van der Waals surface area (Å²) in [5.74, 6) is -4.37. The van der Waals surface area contributed by atoms with E-state index in [0.717, 1.165) is 4.88 Å². The second-order valence-corrected chi connectivity index (χ2v) is 11.3. The number of carbonyl (C=O) groups excluding carboxylic acids is 3. The number of thiophene rings is 1. The molecule has 208 valence electrons. The van der Waals surface area contributed by atoms with Crippen molar-refractivity contribution in [3.63, 3.8) is 0 Å². The van der Waals surface area contributed by atoms with E-state index >= 15 is 0 Å². The Morgan fingerprint density at radius 2 is 1.85 bits per heavy atom. The molecular formula is C29H29F2N5O3S. The largest absolute Gasteiger partial charge is 0.384 e. The number of nitrogens with zero attached hydrogens (tertiary/aromatic N) is 1. The summed E-state index contributed by atoms with van der Waals surface area (Å²) in [5, 5.41) is 14.8. The van der Waals surface area contributed by atoms with Gasteiger partial charge in [-0.05, 0) is 48.6 Å². The number of rotatable bonds is 7. The molecule has 2 heterocycles. The highest BCUT2D eigenvalue weighted by molar-refractivity contribution is 7.10. The van der Waals surface area contributed by atoms with Gasteiger partial charge in [0.1, 0.15) is 11.9 Å². The summed E-state index contributed by atoms with van der Waals surface area (Å²) in [6.07, 6.45) is 0.486. The van der Waals surface area contributed by atoms with Gasteiger partial charge in [0, 0.05) is 39.1 Å². The lowest BCUT2D eigenvalue weighted by atomic mass is 10.0. The molecule has 0 saturated carbocycles. The van der Waals surface area contributed by atoms with Crippen molar-refractivity contribution in [1.29, 1.82) is 5.41 Å². The van der Waals surface area contributed by atoms with Crippen molar-refractivity contribution in [2.45, 2.75) is 38.3 Å². The third-order valence-electron chi connectivity index (χ3n) is 7.43. The molecule has 5 rings (SSSR count). The molecule has 1 aliphatic heterocycles. The van der Waals surface area contributed by atoms with Gasteiger partial charge in [0.2, 0.25) is 11.8 Å². The minimum Gasteiger partial charge on any atom is -0.384 e. The Hall–Kier alpha value is -4.12. The lowest BCUT2D eigenvalue weighted by Gasteiger charge is -2.25. The Morgan fingerprint density at radius 1 is 1.12 bits per heavy atom. The summed E-state index contributed by atoms with van der Waals surface area (Å²) >= 11 is 1.39. The number of hydrogen-bond acceptors (Lipinski definition) is 5. The van der Waals surface area contributed by atoms with Crippen LogP contribution in [-0.4, -0.2) is 47.6 Å². The first kappa shape index (κ1) is 27.4. The summed E-state index contributed by atoms with van der Waals surface area (Å²) in [6, 6.07) is 10.9. The molecule has 2 aliphatic rings. The Morgan fingerprint density at radius 3 is 2.58 bits per heavy atom. The Kier molecular flexibility index (Phi) is 7.17. The van der Waals surface area contributed by atoms with E-state index in [1.54, 1.807) is 29.6 Å². The van der Waals surface area contributed by atoms with Gasteiger partial charge in [0.25, 0.3) is 11.8 Å². The summed E-state index contributed by atoms with van der Waals surface area (Å²) in [7, 11) is 0. The molecule has 3 aromatic rings. The second-order valence-electron chi connectivity index (χ2n) is 10.3. The molecule has 40 heavy (non-hydrogen) atoms. The van der Waals surface area contributed by atoms with Crippen LogP contribution in [0.4, 0.5) is 8.78 Å². The first-order valence-corrected chi connectivity index (χ1v) is 13.8. The fourth-order valence-corrected chi connectivity index (χ4v) is 6.27. The summed E-state index contributed by atoms with van der Waals surface area (Å²) < 4.78 is 29.7. The quantitative estimate of drug-likeness (QED) is 0.255. The van der Waals surface area contributed by atoms with Crippen LogP contribution in [0.25, 0.3) is 11.1 Å². The molecule has 11 heteroatoms. The minimum absolute atomic E-state index is 0.0490. The lowest BCUT2D eigenvalue weighted by Crippen LogP contribution is -2.49. The van der Waals surface area contributed by atoms with Crippen LogP contribution in [0.5, 0.6) is 0 Å². The maximum Gasteiger partial charge on any atom is 0.299 e. The summed E-state index contributed by atoms with van der Waals surface area (Å²) in [5.41, 5.74) is 6.70. The maximum atomic E-state index is 14.8. The standard InChI is InChI=1S/C29H29F2N5O3S/c1-15-9-23(28(39)35-16(2)24-11-18(14-40-24)26(32)33)36(13-15)25(37)12-34-27(38)17-7-8-22-20(10-17)19-5-3-4-6-21(19)29(22,30)31/h3-8,10-11,14-16,23H,9,12-13H2,1-2H3,(H3,32,33)(H,34,38)(H,35,39)/t15-,16?,23-/m0/s1. The molecule has 1 saturated heterocycles. The number of likely N-dealkylation sites (tertiary alicyclic amines) is 1. The fraction of sp³-hybridized carbons (Fsp3) is 0.310. The number of alkyl halides is 2. The van der Waals surface area contributed by atoms with Crippen LogP contribution < -0.4 is 16.4 Å². The average Bonchev–Trinajstić information content (AvgIpc) is 3.63. The van der Waals surface area contributed by atoms with E-state index in [9.17, 15) is 23.2 Å². The van der Waals surface area contributed by atoms with Crippen molar-refractivity contribution in [2.24, 2.45) is 11.7 Å². The van der Waals surface area contributed by atoms with Crippen LogP contribution in [-0.2, 0) is 15.5 Å². The van der Waals surface area contributed by atoms with Gasteiger partial charge < -0.3 is 21.3 Å². The SMILES string of the molecule is CC(NC(=O)[C@@H]1C[C@H](C)CN1C(=O)CNC(=O)c1ccc2c(c1)-c1ccccc1C2(F)F)c1cc(C(=N)N)cs1. The number of amidine groups is 1. The fourth-order valence-electron chi connectivity index (χ4n) is 5.35. The van der Waals surface area contributed by atoms with Gasteiger partial charge in [-0.1, -0.05) is 37.3 Å². The van der Waals surface area contributed by atoms with Crippen molar-refractivity contribution in [3.05, 3.63) is 81.0 Å². The highest BCUT2D eigenvalue weighted by Crippen LogP contribution is 2.50. The van der Waals surface area contributed by atoms with Gasteiger partial charge >= 0.3 is 0 Å². The number of hydrogen-bond donors (Lipinski definition) is 4. The van der Waals surface area contributed by atoms with E-state index in [1.165, 1.54) is 40.5 Å². The third-order valence-corrected chi connectivity index (χ3v) is 8.54. The number of nitrogen functional groups attached to an aromatic ring is 1. The number of amides is 3. The molecule has 0 spiro atoms. The van der Waals surface area contributed by atoms with E-state index in [0.29, 0.717) is 29.7 Å². The zero-order valence-corrected chi connectivity index (χ0v) is 22.8. The van der Waals surface area contributed by atoms with Gasteiger partial charge in [-0.25, -0.2) is 0 Å². The highest BCUT2D eigenvalue weighted by Gasteiger charge is 2.44. The van der Waals surface area contributed by atoms with Crippen LogP contribution in [0.3, 0.4) is 0 Å². The average molecular weight is 566 g/mol. The number of carbonyl (C=O) groups is 3. The van der Waals surface area contributed by atoms with Gasteiger partial charge in [-0.15, -0.1) is 11.3 Å². The molecule has 5 N–H and O–H groups in total. The van der Waals surface area contributed by atoms with Crippen molar-refractivity contribution < 1.29 is 23.2 Å². The number of fused-ring (bicyclic) bond motifs is 3. The molecule has 3 atom stereocenters. The second kappa shape index (κ2) is 10.5. The molecule has 1 unspecified atom stereocenters. The van der Waals surface area contributed by atoms with Crippen LogP contribution in [0.1, 0.15) is 58.2 Å². The molecule has 8 nitrogen and oxygen atoms in total. The van der Waals surface area contributed by atoms with Crippen LogP contribution in [0.15, 0.2) is 53.9 Å². The van der Waals surface area contributed by atoms with Crippen LogP contribution in [0, 0.1) is 11.3 Å².